The van der Waals surface area contributed by atoms with E-state index in [1.54, 1.807) is 19.2 Å². The molecular formula is C32H38Cl2N4O3. The van der Waals surface area contributed by atoms with Crippen LogP contribution in [0, 0.1) is 5.41 Å². The zero-order chi connectivity index (χ0) is 28.0. The number of amides is 3. The molecular weight excluding hydrogens is 559 g/mol. The van der Waals surface area contributed by atoms with Crippen molar-refractivity contribution >= 4 is 41.6 Å². The molecule has 2 aliphatic rings. The Balaban J connectivity index is 0.00000387. The molecule has 0 radical (unpaired) electrons. The maximum absolute atomic E-state index is 13.5. The summed E-state index contributed by atoms with van der Waals surface area (Å²) in [5, 5.41) is 6.61. The van der Waals surface area contributed by atoms with Crippen molar-refractivity contribution < 1.29 is 14.3 Å². The van der Waals surface area contributed by atoms with E-state index >= 15 is 0 Å². The van der Waals surface area contributed by atoms with Crippen molar-refractivity contribution in [3.05, 3.63) is 95.0 Å². The zero-order valence-electron chi connectivity index (χ0n) is 23.4. The predicted octanol–water partition coefficient (Wildman–Crippen LogP) is 6.54. The predicted molar refractivity (Wildman–Crippen MR) is 166 cm³/mol. The van der Waals surface area contributed by atoms with Gasteiger partial charge in [0.15, 0.2) is 0 Å². The molecule has 9 heteroatoms. The molecule has 218 valence electrons. The van der Waals surface area contributed by atoms with Crippen LogP contribution in [0.2, 0.25) is 5.02 Å². The van der Waals surface area contributed by atoms with Gasteiger partial charge in [0.25, 0.3) is 0 Å². The van der Waals surface area contributed by atoms with Gasteiger partial charge >= 0.3 is 6.03 Å². The van der Waals surface area contributed by atoms with Crippen molar-refractivity contribution in [3.8, 4) is 5.75 Å². The molecule has 2 fully saturated rings. The molecule has 2 aliphatic heterocycles. The van der Waals surface area contributed by atoms with Gasteiger partial charge in [-0.15, -0.1) is 12.4 Å². The van der Waals surface area contributed by atoms with Crippen LogP contribution in [0.25, 0.3) is 0 Å². The lowest BCUT2D eigenvalue weighted by Gasteiger charge is -2.38. The Labute approximate surface area is 253 Å². The van der Waals surface area contributed by atoms with E-state index in [1.807, 2.05) is 71.6 Å². The molecule has 2 heterocycles. The molecule has 7 nitrogen and oxygen atoms in total. The number of carbonyl (C=O) groups excluding carboxylic acids is 2. The van der Waals surface area contributed by atoms with Gasteiger partial charge < -0.3 is 25.2 Å². The Morgan fingerprint density at radius 1 is 0.976 bits per heavy atom. The van der Waals surface area contributed by atoms with Crippen molar-refractivity contribution in [1.82, 2.24) is 15.1 Å². The highest BCUT2D eigenvalue weighted by Crippen LogP contribution is 2.42. The van der Waals surface area contributed by atoms with E-state index in [9.17, 15) is 9.59 Å². The summed E-state index contributed by atoms with van der Waals surface area (Å²) in [5.41, 5.74) is 2.61. The molecule has 3 aromatic rings. The number of nitrogens with one attached hydrogen (secondary N) is 2. The fraction of sp³-hybridized carbons (Fsp3) is 0.375. The molecule has 2 N–H and O–H groups in total. The number of likely N-dealkylation sites (tertiary alicyclic amines) is 2. The minimum Gasteiger partial charge on any atom is -0.497 e. The van der Waals surface area contributed by atoms with E-state index in [0.29, 0.717) is 23.2 Å². The Morgan fingerprint density at radius 3 is 2.37 bits per heavy atom. The summed E-state index contributed by atoms with van der Waals surface area (Å²) >= 11 is 6.07. The number of hydrogen-bond acceptors (Lipinski definition) is 4. The highest BCUT2D eigenvalue weighted by atomic mass is 35.5. The van der Waals surface area contributed by atoms with Crippen LogP contribution in [0.15, 0.2) is 78.9 Å². The minimum absolute atomic E-state index is 0. The van der Waals surface area contributed by atoms with E-state index < -0.39 is 0 Å². The lowest BCUT2D eigenvalue weighted by molar-refractivity contribution is -0.138. The molecule has 3 aromatic carbocycles. The molecule has 2 saturated heterocycles. The standard InChI is InChI=1S/C32H37ClN4O3.ClH/c1-40-28-12-10-24(11-13-28)23-37-21-17-32(30(37)38)15-19-36(20-16-32)18-14-29(25-6-3-2-4-7-25)35-31(39)34-27-9-5-8-26(33)22-27;/h2-13,22,29H,14-21,23H2,1H3,(H2,34,35,39);1H. The molecule has 5 rings (SSSR count). The maximum Gasteiger partial charge on any atom is 0.319 e. The Kier molecular flexibility index (Phi) is 10.5. The highest BCUT2D eigenvalue weighted by Gasteiger charge is 2.47. The van der Waals surface area contributed by atoms with Crippen LogP contribution in [-0.4, -0.2) is 55.0 Å². The third kappa shape index (κ3) is 7.73. The number of ether oxygens (including phenoxy) is 1. The Bertz CT molecular complexity index is 1300. The fourth-order valence-electron chi connectivity index (χ4n) is 5.87. The number of piperidine rings is 1. The monoisotopic (exact) mass is 596 g/mol. The zero-order valence-corrected chi connectivity index (χ0v) is 24.9. The molecule has 3 amide bonds. The van der Waals surface area contributed by atoms with Crippen LogP contribution in [0.5, 0.6) is 5.75 Å². The summed E-state index contributed by atoms with van der Waals surface area (Å²) in [5.74, 6) is 1.12. The number of benzene rings is 3. The first-order chi connectivity index (χ1) is 19.4. The van der Waals surface area contributed by atoms with Gasteiger partial charge in [-0.2, -0.15) is 0 Å². The topological polar surface area (TPSA) is 73.9 Å². The summed E-state index contributed by atoms with van der Waals surface area (Å²) in [7, 11) is 1.66. The second-order valence-electron chi connectivity index (χ2n) is 10.8. The second-order valence-corrected chi connectivity index (χ2v) is 11.2. The highest BCUT2D eigenvalue weighted by molar-refractivity contribution is 6.30. The van der Waals surface area contributed by atoms with E-state index in [0.717, 1.165) is 68.7 Å². The number of carbonyl (C=O) groups is 2. The molecule has 1 unspecified atom stereocenters. The van der Waals surface area contributed by atoms with Crippen LogP contribution in [0.1, 0.15) is 42.9 Å². The Hall–Kier alpha value is -3.26. The van der Waals surface area contributed by atoms with Gasteiger partial charge in [-0.25, -0.2) is 4.79 Å². The summed E-state index contributed by atoms with van der Waals surface area (Å²) in [6.07, 6.45) is 3.46. The average Bonchev–Trinajstić information content (AvgIpc) is 3.26. The van der Waals surface area contributed by atoms with Crippen molar-refractivity contribution in [1.29, 1.82) is 0 Å². The smallest absolute Gasteiger partial charge is 0.319 e. The number of halogens is 2. The number of urea groups is 1. The molecule has 0 bridgehead atoms. The Morgan fingerprint density at radius 2 is 1.68 bits per heavy atom. The summed E-state index contributed by atoms with van der Waals surface area (Å²) in [6.45, 7) is 4.08. The third-order valence-electron chi connectivity index (χ3n) is 8.27. The van der Waals surface area contributed by atoms with Gasteiger partial charge in [-0.3, -0.25) is 4.79 Å². The third-order valence-corrected chi connectivity index (χ3v) is 8.51. The van der Waals surface area contributed by atoms with Crippen LogP contribution in [-0.2, 0) is 11.3 Å². The fourth-order valence-corrected chi connectivity index (χ4v) is 6.06. The number of rotatable bonds is 9. The SMILES string of the molecule is COc1ccc(CN2CCC3(CCN(CCC(NC(=O)Nc4cccc(Cl)c4)c4ccccc4)CC3)C2=O)cc1.Cl. The van der Waals surface area contributed by atoms with Crippen LogP contribution >= 0.6 is 24.0 Å². The van der Waals surface area contributed by atoms with Gasteiger partial charge in [0.05, 0.1) is 18.6 Å². The maximum atomic E-state index is 13.5. The summed E-state index contributed by atoms with van der Waals surface area (Å²) in [4.78, 5) is 30.8. The molecule has 1 spiro atoms. The van der Waals surface area contributed by atoms with Gasteiger partial charge in [0.2, 0.25) is 5.91 Å². The van der Waals surface area contributed by atoms with Gasteiger partial charge in [0.1, 0.15) is 5.75 Å². The van der Waals surface area contributed by atoms with E-state index in [1.165, 1.54) is 0 Å². The minimum atomic E-state index is -0.262. The van der Waals surface area contributed by atoms with Crippen molar-refractivity contribution in [3.63, 3.8) is 0 Å². The first-order valence-electron chi connectivity index (χ1n) is 14.0. The first-order valence-corrected chi connectivity index (χ1v) is 14.3. The van der Waals surface area contributed by atoms with Crippen LogP contribution in [0.3, 0.4) is 0 Å². The average molecular weight is 598 g/mol. The van der Waals surface area contributed by atoms with E-state index in [2.05, 4.69) is 15.5 Å². The number of anilines is 1. The van der Waals surface area contributed by atoms with E-state index in [4.69, 9.17) is 16.3 Å². The lowest BCUT2D eigenvalue weighted by atomic mass is 9.77. The molecule has 1 atom stereocenters. The van der Waals surface area contributed by atoms with Crippen molar-refractivity contribution in [2.75, 3.05) is 38.6 Å². The second kappa shape index (κ2) is 14.1. The van der Waals surface area contributed by atoms with Gasteiger partial charge in [0, 0.05) is 30.3 Å². The van der Waals surface area contributed by atoms with Crippen LogP contribution in [0.4, 0.5) is 10.5 Å². The quantitative estimate of drug-likeness (QED) is 0.294. The van der Waals surface area contributed by atoms with E-state index in [-0.39, 0.29) is 29.9 Å². The first kappa shape index (κ1) is 30.7. The number of methoxy groups -OCH3 is 1. The summed E-state index contributed by atoms with van der Waals surface area (Å²) < 4.78 is 5.25. The van der Waals surface area contributed by atoms with Gasteiger partial charge in [-0.1, -0.05) is 60.1 Å². The lowest BCUT2D eigenvalue weighted by Crippen LogP contribution is -2.45. The van der Waals surface area contributed by atoms with Crippen molar-refractivity contribution in [2.45, 2.75) is 38.3 Å². The normalized spacial score (nSPS) is 17.1. The largest absolute Gasteiger partial charge is 0.497 e. The molecule has 0 aromatic heterocycles. The number of hydrogen-bond donors (Lipinski definition) is 2. The van der Waals surface area contributed by atoms with Gasteiger partial charge in [-0.05, 0) is 80.2 Å². The molecule has 0 aliphatic carbocycles. The number of nitrogens with zero attached hydrogens (tertiary/aromatic N) is 2. The van der Waals surface area contributed by atoms with Crippen LogP contribution < -0.4 is 15.4 Å². The molecule has 41 heavy (non-hydrogen) atoms. The summed E-state index contributed by atoms with van der Waals surface area (Å²) in [6, 6.07) is 24.7. The van der Waals surface area contributed by atoms with Crippen molar-refractivity contribution in [2.24, 2.45) is 5.41 Å². The molecule has 0 saturated carbocycles.